The lowest BCUT2D eigenvalue weighted by molar-refractivity contribution is -0.0500. The summed E-state index contributed by atoms with van der Waals surface area (Å²) in [6.07, 6.45) is -1.95. The second kappa shape index (κ2) is 8.18. The average molecular weight is 383 g/mol. The van der Waals surface area contributed by atoms with Gasteiger partial charge in [0.2, 0.25) is 12.3 Å². The van der Waals surface area contributed by atoms with Crippen molar-refractivity contribution in [2.75, 3.05) is 18.5 Å². The minimum Gasteiger partial charge on any atom is -0.394 e. The molecular formula is C16H16F3N5O3. The fourth-order valence-corrected chi connectivity index (χ4v) is 2.42. The van der Waals surface area contributed by atoms with Gasteiger partial charge < -0.3 is 15.2 Å². The number of anilines is 1. The Labute approximate surface area is 150 Å². The number of alkyl halides is 1. The van der Waals surface area contributed by atoms with Crippen LogP contribution in [0.15, 0.2) is 23.0 Å². The SMILES string of the molecule is O=c1[nH]c(NCc2ccc(F)c(F)c2)nc2c(C[C@H](F)OCCO)[nH]nc12. The van der Waals surface area contributed by atoms with Crippen LogP contribution in [-0.4, -0.2) is 44.8 Å². The number of benzene rings is 1. The van der Waals surface area contributed by atoms with Crippen LogP contribution in [0.2, 0.25) is 0 Å². The zero-order valence-corrected chi connectivity index (χ0v) is 13.9. The molecule has 0 unspecified atom stereocenters. The Balaban J connectivity index is 1.79. The predicted molar refractivity (Wildman–Crippen MR) is 89.8 cm³/mol. The molecule has 0 fully saturated rings. The first-order chi connectivity index (χ1) is 13.0. The third-order valence-corrected chi connectivity index (χ3v) is 3.68. The van der Waals surface area contributed by atoms with E-state index in [-0.39, 0.29) is 48.9 Å². The molecule has 27 heavy (non-hydrogen) atoms. The molecule has 3 rings (SSSR count). The highest BCUT2D eigenvalue weighted by atomic mass is 19.2. The van der Waals surface area contributed by atoms with Crippen molar-refractivity contribution in [2.45, 2.75) is 19.3 Å². The second-order valence-electron chi connectivity index (χ2n) is 5.62. The van der Waals surface area contributed by atoms with Gasteiger partial charge in [-0.15, -0.1) is 0 Å². The Kier molecular flexibility index (Phi) is 5.72. The van der Waals surface area contributed by atoms with Crippen molar-refractivity contribution in [1.29, 1.82) is 0 Å². The zero-order valence-electron chi connectivity index (χ0n) is 13.9. The Morgan fingerprint density at radius 3 is 2.81 bits per heavy atom. The van der Waals surface area contributed by atoms with Gasteiger partial charge in [-0.25, -0.2) is 18.2 Å². The quantitative estimate of drug-likeness (QED) is 0.467. The van der Waals surface area contributed by atoms with Crippen LogP contribution in [0.4, 0.5) is 19.1 Å². The van der Waals surface area contributed by atoms with Gasteiger partial charge in [0, 0.05) is 13.0 Å². The molecule has 0 saturated carbocycles. The van der Waals surface area contributed by atoms with Crippen LogP contribution in [0, 0.1) is 11.6 Å². The summed E-state index contributed by atoms with van der Waals surface area (Å²) in [6.45, 7) is -0.410. The number of nitrogens with one attached hydrogen (secondary N) is 3. The number of hydrogen-bond acceptors (Lipinski definition) is 6. The lowest BCUT2D eigenvalue weighted by atomic mass is 10.2. The van der Waals surface area contributed by atoms with E-state index in [1.165, 1.54) is 6.07 Å². The lowest BCUT2D eigenvalue weighted by Gasteiger charge is -2.08. The summed E-state index contributed by atoms with van der Waals surface area (Å²) in [5.41, 5.74) is 0.282. The number of ether oxygens (including phenoxy) is 1. The van der Waals surface area contributed by atoms with E-state index in [4.69, 9.17) is 9.84 Å². The predicted octanol–water partition coefficient (Wildman–Crippen LogP) is 1.38. The molecule has 1 aromatic carbocycles. The van der Waals surface area contributed by atoms with Crippen molar-refractivity contribution in [3.8, 4) is 0 Å². The molecule has 2 heterocycles. The number of rotatable bonds is 8. The Morgan fingerprint density at radius 1 is 1.26 bits per heavy atom. The fourth-order valence-electron chi connectivity index (χ4n) is 2.42. The molecule has 0 radical (unpaired) electrons. The lowest BCUT2D eigenvalue weighted by Crippen LogP contribution is -2.15. The van der Waals surface area contributed by atoms with E-state index in [1.54, 1.807) is 0 Å². The summed E-state index contributed by atoms with van der Waals surface area (Å²) >= 11 is 0. The van der Waals surface area contributed by atoms with Crippen LogP contribution in [0.3, 0.4) is 0 Å². The van der Waals surface area contributed by atoms with E-state index in [9.17, 15) is 18.0 Å². The molecule has 4 N–H and O–H groups in total. The third-order valence-electron chi connectivity index (χ3n) is 3.68. The van der Waals surface area contributed by atoms with E-state index in [2.05, 4.69) is 25.5 Å². The molecule has 0 saturated heterocycles. The number of hydrogen-bond donors (Lipinski definition) is 4. The van der Waals surface area contributed by atoms with E-state index in [1.807, 2.05) is 0 Å². The van der Waals surface area contributed by atoms with Gasteiger partial charge in [0.15, 0.2) is 17.2 Å². The molecule has 0 aliphatic heterocycles. The summed E-state index contributed by atoms with van der Waals surface area (Å²) in [7, 11) is 0. The van der Waals surface area contributed by atoms with Crippen LogP contribution in [0.25, 0.3) is 11.0 Å². The largest absolute Gasteiger partial charge is 0.394 e. The van der Waals surface area contributed by atoms with Crippen LogP contribution in [0.1, 0.15) is 11.3 Å². The summed E-state index contributed by atoms with van der Waals surface area (Å²) in [5.74, 6) is -1.88. The summed E-state index contributed by atoms with van der Waals surface area (Å²) < 4.78 is 44.7. The summed E-state index contributed by atoms with van der Waals surface area (Å²) in [4.78, 5) is 18.7. The molecule has 144 valence electrons. The van der Waals surface area contributed by atoms with Crippen molar-refractivity contribution >= 4 is 17.0 Å². The maximum absolute atomic E-state index is 13.7. The van der Waals surface area contributed by atoms with E-state index < -0.39 is 23.6 Å². The Morgan fingerprint density at radius 2 is 2.07 bits per heavy atom. The maximum atomic E-state index is 13.7. The highest BCUT2D eigenvalue weighted by Crippen LogP contribution is 2.16. The normalized spacial score (nSPS) is 12.4. The van der Waals surface area contributed by atoms with Gasteiger partial charge >= 0.3 is 0 Å². The molecule has 0 aliphatic rings. The number of aromatic amines is 2. The maximum Gasteiger partial charge on any atom is 0.280 e. The average Bonchev–Trinajstić information content (AvgIpc) is 3.04. The van der Waals surface area contributed by atoms with Crippen LogP contribution < -0.4 is 10.9 Å². The summed E-state index contributed by atoms with van der Waals surface area (Å²) in [6, 6.07) is 3.40. The van der Waals surface area contributed by atoms with Crippen molar-refractivity contribution in [1.82, 2.24) is 20.2 Å². The van der Waals surface area contributed by atoms with Crippen molar-refractivity contribution in [3.63, 3.8) is 0 Å². The number of H-pyrrole nitrogens is 2. The molecule has 0 spiro atoms. The number of aliphatic hydroxyl groups is 1. The number of fused-ring (bicyclic) bond motifs is 1. The standard InChI is InChI=1S/C16H16F3N5O3/c17-9-2-1-8(5-10(9)18)7-20-16-21-13-11(6-12(19)27-4-3-25)23-24-14(13)15(26)22-16/h1-2,5,12,25H,3-4,6-7H2,(H,23,24)(H2,20,21,22,26)/t12-/m1/s1. The topological polar surface area (TPSA) is 116 Å². The van der Waals surface area contributed by atoms with Crippen LogP contribution >= 0.6 is 0 Å². The highest BCUT2D eigenvalue weighted by molar-refractivity contribution is 5.77. The van der Waals surface area contributed by atoms with Crippen molar-refractivity contribution in [3.05, 3.63) is 51.4 Å². The van der Waals surface area contributed by atoms with Gasteiger partial charge in [0.25, 0.3) is 5.56 Å². The summed E-state index contributed by atoms with van der Waals surface area (Å²) in [5, 5.41) is 17.8. The zero-order chi connectivity index (χ0) is 19.4. The smallest absolute Gasteiger partial charge is 0.280 e. The Hall–Kier alpha value is -2.92. The highest BCUT2D eigenvalue weighted by Gasteiger charge is 2.17. The number of nitrogens with zero attached hydrogens (tertiary/aromatic N) is 2. The first-order valence-electron chi connectivity index (χ1n) is 7.99. The van der Waals surface area contributed by atoms with Gasteiger partial charge in [0.05, 0.1) is 18.9 Å². The molecule has 0 amide bonds. The number of aliphatic hydroxyl groups excluding tert-OH is 1. The monoisotopic (exact) mass is 383 g/mol. The van der Waals surface area contributed by atoms with Crippen LogP contribution in [-0.2, 0) is 17.7 Å². The van der Waals surface area contributed by atoms with E-state index in [0.29, 0.717) is 5.56 Å². The van der Waals surface area contributed by atoms with Crippen LogP contribution in [0.5, 0.6) is 0 Å². The molecule has 2 aromatic heterocycles. The molecule has 8 nitrogen and oxygen atoms in total. The second-order valence-corrected chi connectivity index (χ2v) is 5.62. The Bertz CT molecular complexity index is 991. The van der Waals surface area contributed by atoms with E-state index >= 15 is 0 Å². The molecular weight excluding hydrogens is 367 g/mol. The van der Waals surface area contributed by atoms with E-state index in [0.717, 1.165) is 12.1 Å². The first-order valence-corrected chi connectivity index (χ1v) is 7.99. The fraction of sp³-hybridized carbons (Fsp3) is 0.312. The molecule has 11 heteroatoms. The number of halogens is 3. The van der Waals surface area contributed by atoms with Gasteiger partial charge in [-0.2, -0.15) is 5.10 Å². The minimum atomic E-state index is -1.71. The van der Waals surface area contributed by atoms with Crippen molar-refractivity contribution in [2.24, 2.45) is 0 Å². The van der Waals surface area contributed by atoms with Gasteiger partial charge in [-0.3, -0.25) is 14.9 Å². The molecule has 0 aliphatic carbocycles. The van der Waals surface area contributed by atoms with Gasteiger partial charge in [0.1, 0.15) is 5.52 Å². The minimum absolute atomic E-state index is 0.00210. The van der Waals surface area contributed by atoms with Gasteiger partial charge in [-0.05, 0) is 17.7 Å². The first kappa shape index (κ1) is 18.9. The van der Waals surface area contributed by atoms with Crippen molar-refractivity contribution < 1.29 is 23.0 Å². The molecule has 1 atom stereocenters. The molecule has 0 bridgehead atoms. The van der Waals surface area contributed by atoms with Gasteiger partial charge in [-0.1, -0.05) is 6.07 Å². The third kappa shape index (κ3) is 4.44. The molecule has 3 aromatic rings. The number of aromatic nitrogens is 4.